The molecule has 0 bridgehead atoms. The predicted octanol–water partition coefficient (Wildman–Crippen LogP) is 2.43. The maximum Gasteiger partial charge on any atom is 0.255 e. The second-order valence-electron chi connectivity index (χ2n) is 4.29. The van der Waals surface area contributed by atoms with Gasteiger partial charge in [0, 0.05) is 6.54 Å². The first-order valence-electron chi connectivity index (χ1n) is 5.61. The minimum atomic E-state index is -0.209. The number of amides is 1. The van der Waals surface area contributed by atoms with Gasteiger partial charge in [-0.15, -0.1) is 0 Å². The molecule has 4 heteroatoms. The molecule has 94 valence electrons. The van der Waals surface area contributed by atoms with Crippen molar-refractivity contribution in [2.45, 2.75) is 13.8 Å². The molecule has 0 spiro atoms. The maximum absolute atomic E-state index is 11.8. The fourth-order valence-electron chi connectivity index (χ4n) is 1.54. The number of phenolic OH excluding ortho intramolecular Hbond substituents is 1. The Kier molecular flexibility index (Phi) is 5.35. The fraction of sp³-hybridized carbons (Fsp3) is 0.462. The summed E-state index contributed by atoms with van der Waals surface area (Å²) in [6, 6.07) is 5.03. The lowest BCUT2D eigenvalue weighted by molar-refractivity contribution is 0.0946. The van der Waals surface area contributed by atoms with Crippen molar-refractivity contribution in [3.05, 3.63) is 29.3 Å². The number of rotatable bonds is 5. The number of aryl methyl sites for hydroxylation is 1. The van der Waals surface area contributed by atoms with Crippen LogP contribution in [-0.2, 0) is 0 Å². The van der Waals surface area contributed by atoms with Gasteiger partial charge in [0.25, 0.3) is 5.91 Å². The van der Waals surface area contributed by atoms with Crippen molar-refractivity contribution in [3.8, 4) is 5.75 Å². The molecule has 0 heterocycles. The zero-order valence-electron chi connectivity index (χ0n) is 10.5. The topological polar surface area (TPSA) is 49.3 Å². The van der Waals surface area contributed by atoms with E-state index in [0.29, 0.717) is 18.0 Å². The molecule has 0 saturated carbocycles. The van der Waals surface area contributed by atoms with Crippen molar-refractivity contribution in [2.75, 3.05) is 18.6 Å². The number of benzene rings is 1. The first-order chi connectivity index (χ1) is 8.04. The summed E-state index contributed by atoms with van der Waals surface area (Å²) in [6.45, 7) is 4.62. The SMILES string of the molecule is CSCC(C)CNC(=O)c1cc(C)ccc1O. The summed E-state index contributed by atoms with van der Waals surface area (Å²) in [5, 5.41) is 12.4. The normalized spacial score (nSPS) is 12.2. The van der Waals surface area contributed by atoms with Crippen molar-refractivity contribution in [3.63, 3.8) is 0 Å². The standard InChI is InChI=1S/C13H19NO2S/c1-9-4-5-12(15)11(6-9)13(16)14-7-10(2)8-17-3/h4-6,10,15H,7-8H2,1-3H3,(H,14,16). The molecule has 0 radical (unpaired) electrons. The van der Waals surface area contributed by atoms with Crippen LogP contribution >= 0.6 is 11.8 Å². The Hall–Kier alpha value is -1.16. The van der Waals surface area contributed by atoms with Gasteiger partial charge in [-0.1, -0.05) is 18.6 Å². The van der Waals surface area contributed by atoms with Gasteiger partial charge < -0.3 is 10.4 Å². The second kappa shape index (κ2) is 6.55. The highest BCUT2D eigenvalue weighted by Crippen LogP contribution is 2.18. The van der Waals surface area contributed by atoms with Gasteiger partial charge in [0.05, 0.1) is 5.56 Å². The highest BCUT2D eigenvalue weighted by atomic mass is 32.2. The summed E-state index contributed by atoms with van der Waals surface area (Å²) in [5.74, 6) is 1.27. The molecule has 0 aliphatic carbocycles. The Morgan fingerprint density at radius 1 is 1.53 bits per heavy atom. The molecule has 1 unspecified atom stereocenters. The molecule has 1 aromatic rings. The summed E-state index contributed by atoms with van der Waals surface area (Å²) in [4.78, 5) is 11.8. The lowest BCUT2D eigenvalue weighted by atomic mass is 10.1. The highest BCUT2D eigenvalue weighted by Gasteiger charge is 2.11. The van der Waals surface area contributed by atoms with Gasteiger partial charge >= 0.3 is 0 Å². The molecule has 1 rings (SSSR count). The van der Waals surface area contributed by atoms with E-state index in [1.54, 1.807) is 30.0 Å². The van der Waals surface area contributed by atoms with Crippen LogP contribution in [0.4, 0.5) is 0 Å². The first-order valence-corrected chi connectivity index (χ1v) is 7.00. The number of aromatic hydroxyl groups is 1. The summed E-state index contributed by atoms with van der Waals surface area (Å²) >= 11 is 1.76. The molecule has 0 fully saturated rings. The van der Waals surface area contributed by atoms with Crippen LogP contribution in [0.15, 0.2) is 18.2 Å². The van der Waals surface area contributed by atoms with E-state index >= 15 is 0 Å². The quantitative estimate of drug-likeness (QED) is 0.847. The van der Waals surface area contributed by atoms with Gasteiger partial charge in [-0.05, 0) is 37.0 Å². The van der Waals surface area contributed by atoms with E-state index in [0.717, 1.165) is 11.3 Å². The number of hydrogen-bond acceptors (Lipinski definition) is 3. The minimum Gasteiger partial charge on any atom is -0.507 e. The molecule has 1 atom stereocenters. The van der Waals surface area contributed by atoms with Crippen LogP contribution in [-0.4, -0.2) is 29.6 Å². The van der Waals surface area contributed by atoms with E-state index in [9.17, 15) is 9.90 Å². The van der Waals surface area contributed by atoms with Crippen molar-refractivity contribution in [1.29, 1.82) is 0 Å². The molecule has 0 aliphatic rings. The van der Waals surface area contributed by atoms with E-state index in [2.05, 4.69) is 12.2 Å². The van der Waals surface area contributed by atoms with Gasteiger partial charge in [0.2, 0.25) is 0 Å². The predicted molar refractivity (Wildman–Crippen MR) is 72.7 cm³/mol. The van der Waals surface area contributed by atoms with Gasteiger partial charge in [-0.3, -0.25) is 4.79 Å². The Morgan fingerprint density at radius 3 is 2.88 bits per heavy atom. The molecule has 0 aliphatic heterocycles. The third kappa shape index (κ3) is 4.30. The van der Waals surface area contributed by atoms with Gasteiger partial charge in [-0.25, -0.2) is 0 Å². The van der Waals surface area contributed by atoms with Crippen LogP contribution in [0.5, 0.6) is 5.75 Å². The first kappa shape index (κ1) is 13.9. The molecule has 17 heavy (non-hydrogen) atoms. The van der Waals surface area contributed by atoms with Crippen molar-refractivity contribution < 1.29 is 9.90 Å². The van der Waals surface area contributed by atoms with Crippen LogP contribution in [0.2, 0.25) is 0 Å². The Labute approximate surface area is 107 Å². The number of carbonyl (C=O) groups is 1. The summed E-state index contributed by atoms with van der Waals surface area (Å²) in [5.41, 5.74) is 1.31. The van der Waals surface area contributed by atoms with E-state index in [1.165, 1.54) is 0 Å². The lowest BCUT2D eigenvalue weighted by Gasteiger charge is -2.12. The zero-order valence-corrected chi connectivity index (χ0v) is 11.3. The molecular weight excluding hydrogens is 234 g/mol. The smallest absolute Gasteiger partial charge is 0.255 e. The molecule has 0 saturated heterocycles. The van der Waals surface area contributed by atoms with E-state index in [1.807, 2.05) is 13.2 Å². The van der Waals surface area contributed by atoms with E-state index in [-0.39, 0.29) is 11.7 Å². The van der Waals surface area contributed by atoms with Crippen molar-refractivity contribution in [1.82, 2.24) is 5.32 Å². The molecule has 2 N–H and O–H groups in total. The summed E-state index contributed by atoms with van der Waals surface area (Å²) < 4.78 is 0. The van der Waals surface area contributed by atoms with Crippen LogP contribution in [0, 0.1) is 12.8 Å². The molecule has 3 nitrogen and oxygen atoms in total. The average molecular weight is 253 g/mol. The van der Waals surface area contributed by atoms with Crippen LogP contribution in [0.25, 0.3) is 0 Å². The largest absolute Gasteiger partial charge is 0.507 e. The highest BCUT2D eigenvalue weighted by molar-refractivity contribution is 7.98. The van der Waals surface area contributed by atoms with E-state index in [4.69, 9.17) is 0 Å². The number of phenols is 1. The molecule has 0 aromatic heterocycles. The van der Waals surface area contributed by atoms with E-state index < -0.39 is 0 Å². The monoisotopic (exact) mass is 253 g/mol. The van der Waals surface area contributed by atoms with Crippen LogP contribution < -0.4 is 5.32 Å². The Balaban J connectivity index is 2.61. The molecular formula is C13H19NO2S. The van der Waals surface area contributed by atoms with Gasteiger partial charge in [0.1, 0.15) is 5.75 Å². The summed E-state index contributed by atoms with van der Waals surface area (Å²) in [7, 11) is 0. The summed E-state index contributed by atoms with van der Waals surface area (Å²) in [6.07, 6.45) is 2.05. The van der Waals surface area contributed by atoms with Gasteiger partial charge in [0.15, 0.2) is 0 Å². The average Bonchev–Trinajstić information content (AvgIpc) is 2.29. The number of carbonyl (C=O) groups excluding carboxylic acids is 1. The third-order valence-corrected chi connectivity index (χ3v) is 3.36. The van der Waals surface area contributed by atoms with Crippen molar-refractivity contribution >= 4 is 17.7 Å². The Morgan fingerprint density at radius 2 is 2.24 bits per heavy atom. The van der Waals surface area contributed by atoms with Crippen LogP contribution in [0.1, 0.15) is 22.8 Å². The lowest BCUT2D eigenvalue weighted by Crippen LogP contribution is -2.29. The zero-order chi connectivity index (χ0) is 12.8. The number of thioether (sulfide) groups is 1. The Bertz CT molecular complexity index is 393. The number of nitrogens with one attached hydrogen (secondary N) is 1. The maximum atomic E-state index is 11.8. The minimum absolute atomic E-state index is 0.0330. The van der Waals surface area contributed by atoms with Crippen molar-refractivity contribution in [2.24, 2.45) is 5.92 Å². The number of hydrogen-bond donors (Lipinski definition) is 2. The molecule has 1 amide bonds. The third-order valence-electron chi connectivity index (χ3n) is 2.46. The second-order valence-corrected chi connectivity index (χ2v) is 5.20. The fourth-order valence-corrected chi connectivity index (χ4v) is 2.22. The molecule has 1 aromatic carbocycles. The van der Waals surface area contributed by atoms with Gasteiger partial charge in [-0.2, -0.15) is 11.8 Å². The van der Waals surface area contributed by atoms with Crippen LogP contribution in [0.3, 0.4) is 0 Å².